The van der Waals surface area contributed by atoms with E-state index >= 15 is 0 Å². The molecule has 0 aliphatic carbocycles. The van der Waals surface area contributed by atoms with Crippen molar-refractivity contribution in [3.63, 3.8) is 0 Å². The third-order valence-electron chi connectivity index (χ3n) is 3.34. The number of hydrogen-bond donors (Lipinski definition) is 1. The molecule has 3 rings (SSSR count). The molecule has 3 aromatic heterocycles. The molecule has 0 aliphatic heterocycles. The molecule has 0 saturated heterocycles. The SMILES string of the molecule is Cc1nn(C)c2c1nc(N)n2C(C)(C)c1nccs1. The van der Waals surface area contributed by atoms with E-state index in [0.29, 0.717) is 5.95 Å². The van der Waals surface area contributed by atoms with E-state index < -0.39 is 0 Å². The third kappa shape index (κ3) is 1.58. The van der Waals surface area contributed by atoms with Crippen LogP contribution in [-0.4, -0.2) is 24.3 Å². The van der Waals surface area contributed by atoms with Gasteiger partial charge in [0.15, 0.2) is 5.65 Å². The molecule has 100 valence electrons. The summed E-state index contributed by atoms with van der Waals surface area (Å²) in [7, 11) is 1.91. The van der Waals surface area contributed by atoms with Gasteiger partial charge < -0.3 is 5.73 Å². The smallest absolute Gasteiger partial charge is 0.203 e. The van der Waals surface area contributed by atoms with Gasteiger partial charge in [0.05, 0.1) is 11.2 Å². The van der Waals surface area contributed by atoms with Gasteiger partial charge in [-0.05, 0) is 20.8 Å². The van der Waals surface area contributed by atoms with Crippen LogP contribution in [0.4, 0.5) is 5.95 Å². The molecular formula is C12H16N6S. The summed E-state index contributed by atoms with van der Waals surface area (Å²) in [6.07, 6.45) is 1.81. The highest BCUT2D eigenvalue weighted by atomic mass is 32.1. The van der Waals surface area contributed by atoms with Gasteiger partial charge in [0, 0.05) is 18.6 Å². The monoisotopic (exact) mass is 276 g/mol. The number of rotatable bonds is 2. The van der Waals surface area contributed by atoms with Gasteiger partial charge in [0.2, 0.25) is 5.95 Å². The fourth-order valence-electron chi connectivity index (χ4n) is 2.46. The quantitative estimate of drug-likeness (QED) is 0.775. The zero-order valence-electron chi connectivity index (χ0n) is 11.4. The van der Waals surface area contributed by atoms with E-state index in [1.807, 2.05) is 28.6 Å². The number of nitrogen functional groups attached to an aromatic ring is 1. The summed E-state index contributed by atoms with van der Waals surface area (Å²) < 4.78 is 3.82. The molecule has 0 unspecified atom stereocenters. The second-order valence-corrected chi connectivity index (χ2v) is 5.98. The number of imidazole rings is 1. The first-order chi connectivity index (χ1) is 8.93. The van der Waals surface area contributed by atoms with E-state index in [1.165, 1.54) is 0 Å². The summed E-state index contributed by atoms with van der Waals surface area (Å²) in [5.41, 5.74) is 8.43. The average molecular weight is 276 g/mol. The van der Waals surface area contributed by atoms with E-state index in [-0.39, 0.29) is 5.54 Å². The van der Waals surface area contributed by atoms with Crippen LogP contribution in [0.1, 0.15) is 24.5 Å². The predicted octanol–water partition coefficient (Wildman–Crippen LogP) is 1.90. The van der Waals surface area contributed by atoms with Gasteiger partial charge in [-0.2, -0.15) is 5.10 Å². The zero-order chi connectivity index (χ0) is 13.8. The molecule has 0 atom stereocenters. The van der Waals surface area contributed by atoms with Crippen LogP contribution in [0.2, 0.25) is 0 Å². The van der Waals surface area contributed by atoms with Gasteiger partial charge in [-0.15, -0.1) is 11.3 Å². The summed E-state index contributed by atoms with van der Waals surface area (Å²) in [4.78, 5) is 8.86. The maximum absolute atomic E-state index is 6.12. The summed E-state index contributed by atoms with van der Waals surface area (Å²) in [6.45, 7) is 6.12. The number of hydrogen-bond acceptors (Lipinski definition) is 5. The van der Waals surface area contributed by atoms with Gasteiger partial charge >= 0.3 is 0 Å². The molecule has 7 heteroatoms. The molecule has 0 bridgehead atoms. The highest BCUT2D eigenvalue weighted by Crippen LogP contribution is 2.33. The van der Waals surface area contributed by atoms with Crippen LogP contribution in [0.3, 0.4) is 0 Å². The topological polar surface area (TPSA) is 74.6 Å². The Labute approximate surface area is 114 Å². The molecule has 0 aromatic carbocycles. The second-order valence-electron chi connectivity index (χ2n) is 5.08. The first-order valence-corrected chi connectivity index (χ1v) is 6.89. The Morgan fingerprint density at radius 2 is 2.11 bits per heavy atom. The Morgan fingerprint density at radius 3 is 2.74 bits per heavy atom. The number of nitrogens with two attached hydrogens (primary N) is 1. The Morgan fingerprint density at radius 1 is 1.37 bits per heavy atom. The lowest BCUT2D eigenvalue weighted by molar-refractivity contribution is 0.444. The second kappa shape index (κ2) is 3.80. The molecule has 0 fully saturated rings. The van der Waals surface area contributed by atoms with Gasteiger partial charge in [-0.3, -0.25) is 9.25 Å². The van der Waals surface area contributed by atoms with Gasteiger partial charge in [-0.25, -0.2) is 9.97 Å². The minimum Gasteiger partial charge on any atom is -0.369 e. The van der Waals surface area contributed by atoms with Crippen molar-refractivity contribution in [2.75, 3.05) is 5.73 Å². The molecule has 0 radical (unpaired) electrons. The highest BCUT2D eigenvalue weighted by molar-refractivity contribution is 7.09. The zero-order valence-corrected chi connectivity index (χ0v) is 12.2. The van der Waals surface area contributed by atoms with Gasteiger partial charge in [0.1, 0.15) is 10.5 Å². The normalized spacial score (nSPS) is 12.4. The number of nitrogens with zero attached hydrogens (tertiary/aromatic N) is 5. The molecule has 3 aromatic rings. The van der Waals surface area contributed by atoms with Crippen LogP contribution in [-0.2, 0) is 12.6 Å². The third-order valence-corrected chi connectivity index (χ3v) is 4.43. The maximum Gasteiger partial charge on any atom is 0.203 e. The number of aryl methyl sites for hydroxylation is 2. The maximum atomic E-state index is 6.12. The van der Waals surface area contributed by atoms with Crippen LogP contribution < -0.4 is 5.73 Å². The molecule has 3 heterocycles. The summed E-state index contributed by atoms with van der Waals surface area (Å²) in [5, 5.41) is 7.37. The van der Waals surface area contributed by atoms with Crippen LogP contribution in [0.15, 0.2) is 11.6 Å². The van der Waals surface area contributed by atoms with Crippen LogP contribution in [0.5, 0.6) is 0 Å². The fourth-order valence-corrected chi connectivity index (χ4v) is 3.21. The Hall–Kier alpha value is -1.89. The van der Waals surface area contributed by atoms with Gasteiger partial charge in [0.25, 0.3) is 0 Å². The van der Waals surface area contributed by atoms with E-state index in [9.17, 15) is 0 Å². The Balaban J connectivity index is 2.34. The number of thiazole rings is 1. The molecule has 0 aliphatic rings. The lowest BCUT2D eigenvalue weighted by Gasteiger charge is -2.25. The lowest BCUT2D eigenvalue weighted by atomic mass is 10.1. The van der Waals surface area contributed by atoms with E-state index in [0.717, 1.165) is 21.9 Å². The number of fused-ring (bicyclic) bond motifs is 1. The van der Waals surface area contributed by atoms with Crippen molar-refractivity contribution in [3.8, 4) is 0 Å². The predicted molar refractivity (Wildman–Crippen MR) is 76.2 cm³/mol. The molecule has 6 nitrogen and oxygen atoms in total. The number of anilines is 1. The lowest BCUT2D eigenvalue weighted by Crippen LogP contribution is -2.29. The van der Waals surface area contributed by atoms with Crippen molar-refractivity contribution in [2.45, 2.75) is 26.3 Å². The van der Waals surface area contributed by atoms with Crippen LogP contribution in [0.25, 0.3) is 11.2 Å². The Bertz CT molecular complexity index is 734. The first-order valence-electron chi connectivity index (χ1n) is 6.01. The highest BCUT2D eigenvalue weighted by Gasteiger charge is 2.31. The molecule has 0 saturated carbocycles. The molecular weight excluding hydrogens is 260 g/mol. The van der Waals surface area contributed by atoms with Crippen molar-refractivity contribution >= 4 is 28.4 Å². The minimum atomic E-state index is -0.354. The molecule has 0 spiro atoms. The minimum absolute atomic E-state index is 0.354. The Kier molecular flexibility index (Phi) is 2.43. The van der Waals surface area contributed by atoms with Crippen LogP contribution in [0, 0.1) is 6.92 Å². The fraction of sp³-hybridized carbons (Fsp3) is 0.417. The average Bonchev–Trinajstić information content (AvgIpc) is 2.98. The van der Waals surface area contributed by atoms with Gasteiger partial charge in [-0.1, -0.05) is 0 Å². The van der Waals surface area contributed by atoms with Crippen molar-refractivity contribution < 1.29 is 0 Å². The van der Waals surface area contributed by atoms with Crippen molar-refractivity contribution in [2.24, 2.45) is 7.05 Å². The summed E-state index contributed by atoms with van der Waals surface area (Å²) in [5.74, 6) is 0.492. The van der Waals surface area contributed by atoms with Crippen LogP contribution >= 0.6 is 11.3 Å². The first kappa shape index (κ1) is 12.2. The van der Waals surface area contributed by atoms with Crippen molar-refractivity contribution in [3.05, 3.63) is 22.3 Å². The van der Waals surface area contributed by atoms with E-state index in [4.69, 9.17) is 5.73 Å². The standard InChI is InChI=1S/C12H16N6S/c1-7-8-9(17(4)16-7)18(11(13)15-8)12(2,3)10-14-5-6-19-10/h5-6H,1-4H3,(H2,13,15). The molecule has 2 N–H and O–H groups in total. The summed E-state index contributed by atoms with van der Waals surface area (Å²) in [6, 6.07) is 0. The van der Waals surface area contributed by atoms with Crippen molar-refractivity contribution in [1.29, 1.82) is 0 Å². The molecule has 19 heavy (non-hydrogen) atoms. The molecule has 0 amide bonds. The van der Waals surface area contributed by atoms with Crippen molar-refractivity contribution in [1.82, 2.24) is 24.3 Å². The largest absolute Gasteiger partial charge is 0.369 e. The van der Waals surface area contributed by atoms with E-state index in [1.54, 1.807) is 17.5 Å². The van der Waals surface area contributed by atoms with E-state index in [2.05, 4.69) is 28.9 Å². The number of aromatic nitrogens is 5. The summed E-state index contributed by atoms with van der Waals surface area (Å²) >= 11 is 1.61.